The van der Waals surface area contributed by atoms with Crippen molar-refractivity contribution >= 4 is 43.7 Å². The number of thiazole rings is 1. The van der Waals surface area contributed by atoms with E-state index in [0.29, 0.717) is 18.2 Å². The van der Waals surface area contributed by atoms with Gasteiger partial charge < -0.3 is 10.2 Å². The molecule has 2 aromatic heterocycles. The van der Waals surface area contributed by atoms with E-state index in [1.54, 1.807) is 16.2 Å². The summed E-state index contributed by atoms with van der Waals surface area (Å²) in [5.41, 5.74) is 1.20. The Labute approximate surface area is 135 Å². The second kappa shape index (κ2) is 5.95. The molecule has 0 aromatic carbocycles. The Morgan fingerprint density at radius 3 is 3.05 bits per heavy atom. The lowest BCUT2D eigenvalue weighted by Crippen LogP contribution is -2.38. The number of amides is 1. The molecular formula is C12H14N4O3S3. The van der Waals surface area contributed by atoms with Crippen molar-refractivity contribution in [3.63, 3.8) is 0 Å². The molecule has 0 spiro atoms. The van der Waals surface area contributed by atoms with Gasteiger partial charge in [-0.3, -0.25) is 4.79 Å². The highest BCUT2D eigenvalue weighted by Gasteiger charge is 2.21. The van der Waals surface area contributed by atoms with Crippen LogP contribution in [0, 0.1) is 0 Å². The van der Waals surface area contributed by atoms with Crippen LogP contribution in [0.5, 0.6) is 0 Å². The predicted molar refractivity (Wildman–Crippen MR) is 85.4 cm³/mol. The predicted octanol–water partition coefficient (Wildman–Crippen LogP) is 0.849. The lowest BCUT2D eigenvalue weighted by molar-refractivity contribution is -0.130. The van der Waals surface area contributed by atoms with E-state index in [1.165, 1.54) is 16.6 Å². The highest BCUT2D eigenvalue weighted by Crippen LogP contribution is 2.24. The topological polar surface area (TPSA) is 105 Å². The average molecular weight is 358 g/mol. The standard InChI is InChI=1S/C12H14N4O3S3/c13-22(18,19)11-6-15-12(21-11)14-5-10(17)16-3-1-9-8(7-16)2-4-20-9/h2,4,6H,1,3,5,7H2,(H,14,15)(H2,13,18,19). The monoisotopic (exact) mass is 358 g/mol. The van der Waals surface area contributed by atoms with Gasteiger partial charge in [-0.05, 0) is 23.4 Å². The van der Waals surface area contributed by atoms with Crippen LogP contribution in [0.3, 0.4) is 0 Å². The molecule has 3 rings (SSSR count). The number of fused-ring (bicyclic) bond motifs is 1. The second-order valence-corrected chi connectivity index (χ2v) is 8.64. The van der Waals surface area contributed by atoms with E-state index in [2.05, 4.69) is 10.3 Å². The Bertz CT molecular complexity index is 796. The van der Waals surface area contributed by atoms with Crippen LogP contribution >= 0.6 is 22.7 Å². The number of thiophene rings is 1. The van der Waals surface area contributed by atoms with Gasteiger partial charge in [0.05, 0.1) is 12.7 Å². The SMILES string of the molecule is NS(=O)(=O)c1cnc(NCC(=O)N2CCc3sccc3C2)s1. The molecule has 10 heteroatoms. The molecule has 1 amide bonds. The van der Waals surface area contributed by atoms with Crippen LogP contribution in [0.4, 0.5) is 5.13 Å². The summed E-state index contributed by atoms with van der Waals surface area (Å²) >= 11 is 2.64. The molecule has 3 heterocycles. The highest BCUT2D eigenvalue weighted by molar-refractivity contribution is 7.91. The number of rotatable bonds is 4. The summed E-state index contributed by atoms with van der Waals surface area (Å²) in [5.74, 6) is -0.0378. The minimum Gasteiger partial charge on any atom is -0.352 e. The molecule has 0 radical (unpaired) electrons. The zero-order valence-electron chi connectivity index (χ0n) is 11.5. The fourth-order valence-corrected chi connectivity index (χ4v) is 4.53. The molecule has 2 aromatic rings. The third-order valence-electron chi connectivity index (χ3n) is 3.32. The lowest BCUT2D eigenvalue weighted by Gasteiger charge is -2.27. The summed E-state index contributed by atoms with van der Waals surface area (Å²) in [4.78, 5) is 19.2. The van der Waals surface area contributed by atoms with Crippen molar-refractivity contribution in [2.75, 3.05) is 18.4 Å². The fraction of sp³-hybridized carbons (Fsp3) is 0.333. The molecular weight excluding hydrogens is 344 g/mol. The zero-order chi connectivity index (χ0) is 15.7. The number of carbonyl (C=O) groups excluding carboxylic acids is 1. The van der Waals surface area contributed by atoms with Gasteiger partial charge in [0.25, 0.3) is 0 Å². The molecule has 0 saturated carbocycles. The fourth-order valence-electron chi connectivity index (χ4n) is 2.20. The number of nitrogens with zero attached hydrogens (tertiary/aromatic N) is 2. The van der Waals surface area contributed by atoms with Crippen molar-refractivity contribution < 1.29 is 13.2 Å². The Balaban J connectivity index is 1.58. The summed E-state index contributed by atoms with van der Waals surface area (Å²) in [6, 6.07) is 2.05. The number of aromatic nitrogens is 1. The molecule has 0 bridgehead atoms. The van der Waals surface area contributed by atoms with Gasteiger partial charge in [0.15, 0.2) is 9.34 Å². The van der Waals surface area contributed by atoms with E-state index in [4.69, 9.17) is 5.14 Å². The maximum absolute atomic E-state index is 12.2. The third kappa shape index (κ3) is 3.29. The Morgan fingerprint density at radius 1 is 1.50 bits per heavy atom. The smallest absolute Gasteiger partial charge is 0.249 e. The summed E-state index contributed by atoms with van der Waals surface area (Å²) in [6.45, 7) is 1.41. The van der Waals surface area contributed by atoms with Gasteiger partial charge in [-0.15, -0.1) is 11.3 Å². The molecule has 7 nitrogen and oxygen atoms in total. The van der Waals surface area contributed by atoms with Crippen molar-refractivity contribution in [3.8, 4) is 0 Å². The quantitative estimate of drug-likeness (QED) is 0.843. The summed E-state index contributed by atoms with van der Waals surface area (Å²) in [6.07, 6.45) is 2.07. The van der Waals surface area contributed by atoms with Gasteiger partial charge in [-0.2, -0.15) is 0 Å². The van der Waals surface area contributed by atoms with E-state index < -0.39 is 10.0 Å². The van der Waals surface area contributed by atoms with E-state index in [0.717, 1.165) is 17.8 Å². The zero-order valence-corrected chi connectivity index (χ0v) is 13.9. The van der Waals surface area contributed by atoms with E-state index in [1.807, 2.05) is 11.4 Å². The summed E-state index contributed by atoms with van der Waals surface area (Å²) in [5, 5.41) is 10.3. The van der Waals surface area contributed by atoms with Crippen LogP contribution in [-0.4, -0.2) is 37.3 Å². The van der Waals surface area contributed by atoms with Crippen molar-refractivity contribution in [3.05, 3.63) is 28.1 Å². The van der Waals surface area contributed by atoms with Crippen molar-refractivity contribution in [2.45, 2.75) is 17.2 Å². The summed E-state index contributed by atoms with van der Waals surface area (Å²) < 4.78 is 22.3. The van der Waals surface area contributed by atoms with Crippen molar-refractivity contribution in [1.29, 1.82) is 0 Å². The largest absolute Gasteiger partial charge is 0.352 e. The Hall–Kier alpha value is -1.49. The number of hydrogen-bond acceptors (Lipinski definition) is 7. The molecule has 0 saturated heterocycles. The molecule has 0 unspecified atom stereocenters. The summed E-state index contributed by atoms with van der Waals surface area (Å²) in [7, 11) is -3.75. The van der Waals surface area contributed by atoms with Gasteiger partial charge in [-0.25, -0.2) is 18.5 Å². The maximum atomic E-state index is 12.2. The van der Waals surface area contributed by atoms with Crippen LogP contribution in [0.1, 0.15) is 10.4 Å². The van der Waals surface area contributed by atoms with Crippen LogP contribution in [0.15, 0.2) is 21.9 Å². The second-order valence-electron chi connectivity index (χ2n) is 4.82. The first kappa shape index (κ1) is 15.4. The molecule has 1 aliphatic heterocycles. The number of sulfonamides is 1. The van der Waals surface area contributed by atoms with Crippen molar-refractivity contribution in [1.82, 2.24) is 9.88 Å². The number of primary sulfonamides is 1. The average Bonchev–Trinajstić information content (AvgIpc) is 3.12. The number of hydrogen-bond donors (Lipinski definition) is 2. The number of nitrogens with two attached hydrogens (primary N) is 1. The van der Waals surface area contributed by atoms with Crippen LogP contribution in [0.25, 0.3) is 0 Å². The first-order chi connectivity index (χ1) is 10.4. The van der Waals surface area contributed by atoms with E-state index >= 15 is 0 Å². The maximum Gasteiger partial charge on any atom is 0.249 e. The minimum atomic E-state index is -3.75. The molecule has 3 N–H and O–H groups in total. The van der Waals surface area contributed by atoms with Gasteiger partial charge in [0.1, 0.15) is 0 Å². The van der Waals surface area contributed by atoms with Gasteiger partial charge in [0, 0.05) is 18.0 Å². The Morgan fingerprint density at radius 2 is 2.32 bits per heavy atom. The number of carbonyl (C=O) groups is 1. The first-order valence-corrected chi connectivity index (χ1v) is 9.73. The van der Waals surface area contributed by atoms with Gasteiger partial charge in [-0.1, -0.05) is 11.3 Å². The van der Waals surface area contributed by atoms with Crippen LogP contribution < -0.4 is 10.5 Å². The minimum absolute atomic E-state index is 0.0247. The molecule has 0 atom stereocenters. The van der Waals surface area contributed by atoms with Crippen LogP contribution in [0.2, 0.25) is 0 Å². The first-order valence-electron chi connectivity index (χ1n) is 6.49. The van der Waals surface area contributed by atoms with E-state index in [-0.39, 0.29) is 16.7 Å². The lowest BCUT2D eigenvalue weighted by atomic mass is 10.1. The molecule has 118 valence electrons. The highest BCUT2D eigenvalue weighted by atomic mass is 32.2. The number of nitrogens with one attached hydrogen (secondary N) is 1. The molecule has 0 aliphatic carbocycles. The molecule has 22 heavy (non-hydrogen) atoms. The normalized spacial score (nSPS) is 14.7. The Kier molecular flexibility index (Phi) is 4.17. The molecule has 0 fully saturated rings. The van der Waals surface area contributed by atoms with Gasteiger partial charge >= 0.3 is 0 Å². The number of anilines is 1. The van der Waals surface area contributed by atoms with Crippen molar-refractivity contribution in [2.24, 2.45) is 5.14 Å². The van der Waals surface area contributed by atoms with E-state index in [9.17, 15) is 13.2 Å². The van der Waals surface area contributed by atoms with Crippen LogP contribution in [-0.2, 0) is 27.8 Å². The molecule has 1 aliphatic rings. The van der Waals surface area contributed by atoms with Gasteiger partial charge in [0.2, 0.25) is 15.9 Å². The third-order valence-corrected chi connectivity index (χ3v) is 6.70.